The average molecular weight is 290 g/mol. The molecule has 1 aromatic rings. The molecule has 1 saturated heterocycles. The first kappa shape index (κ1) is 15.8. The monoisotopic (exact) mass is 290 g/mol. The van der Waals surface area contributed by atoms with E-state index in [1.54, 1.807) is 0 Å². The largest absolute Gasteiger partial charge is 0.493 e. The number of amides is 1. The molecule has 0 bridgehead atoms. The average Bonchev–Trinajstić information content (AvgIpc) is 2.94. The van der Waals surface area contributed by atoms with Gasteiger partial charge >= 0.3 is 0 Å². The standard InChI is InChI=1S/C17H26N2O2/c1-14-6-3-4-7-16(14)21-11-5-8-17(20)19-10-9-15(13-19)12-18-2/h3-4,6-7,15,18H,5,8-13H2,1-2H3/t15-/m0/s1. The highest BCUT2D eigenvalue weighted by Crippen LogP contribution is 2.18. The number of aryl methyl sites for hydroxylation is 1. The van der Waals surface area contributed by atoms with E-state index in [9.17, 15) is 4.79 Å². The third-order valence-corrected chi connectivity index (χ3v) is 4.02. The summed E-state index contributed by atoms with van der Waals surface area (Å²) in [5, 5.41) is 3.19. The normalized spacial score (nSPS) is 18.0. The minimum absolute atomic E-state index is 0.266. The summed E-state index contributed by atoms with van der Waals surface area (Å²) in [6.07, 6.45) is 2.48. The van der Waals surface area contributed by atoms with Gasteiger partial charge in [-0.25, -0.2) is 0 Å². The Kier molecular flexibility index (Phi) is 6.05. The number of carbonyl (C=O) groups is 1. The zero-order valence-corrected chi connectivity index (χ0v) is 13.1. The molecule has 1 heterocycles. The second kappa shape index (κ2) is 8.03. The Labute approximate surface area is 127 Å². The van der Waals surface area contributed by atoms with Gasteiger partial charge in [-0.1, -0.05) is 18.2 Å². The van der Waals surface area contributed by atoms with Gasteiger partial charge in [0.2, 0.25) is 5.91 Å². The number of hydrogen-bond donors (Lipinski definition) is 1. The third-order valence-electron chi connectivity index (χ3n) is 4.02. The molecule has 116 valence electrons. The van der Waals surface area contributed by atoms with Crippen molar-refractivity contribution in [2.45, 2.75) is 26.2 Å². The Bertz CT molecular complexity index is 462. The lowest BCUT2D eigenvalue weighted by Gasteiger charge is -2.16. The van der Waals surface area contributed by atoms with Gasteiger partial charge in [0, 0.05) is 19.5 Å². The summed E-state index contributed by atoms with van der Waals surface area (Å²) >= 11 is 0. The number of carbonyl (C=O) groups excluding carboxylic acids is 1. The number of nitrogens with one attached hydrogen (secondary N) is 1. The Morgan fingerprint density at radius 1 is 1.43 bits per heavy atom. The molecule has 0 aliphatic carbocycles. The van der Waals surface area contributed by atoms with E-state index in [4.69, 9.17) is 4.74 Å². The SMILES string of the molecule is CNC[C@@H]1CCN(C(=O)CCCOc2ccccc2C)C1. The fourth-order valence-corrected chi connectivity index (χ4v) is 2.80. The van der Waals surface area contributed by atoms with Crippen molar-refractivity contribution in [3.05, 3.63) is 29.8 Å². The second-order valence-corrected chi connectivity index (χ2v) is 5.77. The highest BCUT2D eigenvalue weighted by Gasteiger charge is 2.25. The molecule has 0 unspecified atom stereocenters. The molecule has 2 rings (SSSR count). The van der Waals surface area contributed by atoms with E-state index < -0.39 is 0 Å². The Morgan fingerprint density at radius 2 is 2.24 bits per heavy atom. The third kappa shape index (κ3) is 4.74. The van der Waals surface area contributed by atoms with Gasteiger partial charge in [-0.05, 0) is 50.9 Å². The number of para-hydroxylation sites is 1. The van der Waals surface area contributed by atoms with Gasteiger partial charge in [0.15, 0.2) is 0 Å². The minimum Gasteiger partial charge on any atom is -0.493 e. The minimum atomic E-state index is 0.266. The van der Waals surface area contributed by atoms with Crippen molar-refractivity contribution in [2.24, 2.45) is 5.92 Å². The molecule has 4 nitrogen and oxygen atoms in total. The van der Waals surface area contributed by atoms with Gasteiger partial charge in [-0.15, -0.1) is 0 Å². The lowest BCUT2D eigenvalue weighted by molar-refractivity contribution is -0.130. The van der Waals surface area contributed by atoms with Crippen LogP contribution in [0.3, 0.4) is 0 Å². The molecular weight excluding hydrogens is 264 g/mol. The zero-order valence-electron chi connectivity index (χ0n) is 13.1. The molecule has 1 aromatic carbocycles. The summed E-state index contributed by atoms with van der Waals surface area (Å²) in [6, 6.07) is 7.98. The molecule has 1 aliphatic rings. The molecule has 1 aliphatic heterocycles. The van der Waals surface area contributed by atoms with Crippen LogP contribution in [0.15, 0.2) is 24.3 Å². The molecular formula is C17H26N2O2. The van der Waals surface area contributed by atoms with Crippen molar-refractivity contribution in [3.63, 3.8) is 0 Å². The fraction of sp³-hybridized carbons (Fsp3) is 0.588. The maximum absolute atomic E-state index is 12.1. The Hall–Kier alpha value is -1.55. The van der Waals surface area contributed by atoms with Gasteiger partial charge in [-0.2, -0.15) is 0 Å². The number of rotatable bonds is 7. The fourth-order valence-electron chi connectivity index (χ4n) is 2.80. The van der Waals surface area contributed by atoms with Crippen LogP contribution in [0.1, 0.15) is 24.8 Å². The first-order chi connectivity index (χ1) is 10.2. The van der Waals surface area contributed by atoms with Gasteiger partial charge in [0.25, 0.3) is 0 Å². The van der Waals surface area contributed by atoms with E-state index in [2.05, 4.69) is 5.32 Å². The maximum Gasteiger partial charge on any atom is 0.222 e. The Morgan fingerprint density at radius 3 is 3.00 bits per heavy atom. The van der Waals surface area contributed by atoms with Crippen LogP contribution in [0.4, 0.5) is 0 Å². The van der Waals surface area contributed by atoms with Crippen LogP contribution < -0.4 is 10.1 Å². The molecule has 0 aromatic heterocycles. The number of likely N-dealkylation sites (tertiary alicyclic amines) is 1. The molecule has 1 fully saturated rings. The van der Waals surface area contributed by atoms with Crippen LogP contribution in [-0.4, -0.2) is 44.1 Å². The van der Waals surface area contributed by atoms with Crippen LogP contribution >= 0.6 is 0 Å². The van der Waals surface area contributed by atoms with Crippen molar-refractivity contribution in [1.82, 2.24) is 10.2 Å². The quantitative estimate of drug-likeness (QED) is 0.783. The highest BCUT2D eigenvalue weighted by molar-refractivity contribution is 5.76. The summed E-state index contributed by atoms with van der Waals surface area (Å²) in [6.45, 7) is 5.44. The molecule has 0 saturated carbocycles. The van der Waals surface area contributed by atoms with E-state index in [1.807, 2.05) is 43.1 Å². The van der Waals surface area contributed by atoms with Crippen LogP contribution in [-0.2, 0) is 4.79 Å². The highest BCUT2D eigenvalue weighted by atomic mass is 16.5. The number of benzene rings is 1. The number of hydrogen-bond acceptors (Lipinski definition) is 3. The topological polar surface area (TPSA) is 41.6 Å². The van der Waals surface area contributed by atoms with Crippen LogP contribution in [0.5, 0.6) is 5.75 Å². The summed E-state index contributed by atoms with van der Waals surface area (Å²) in [5.74, 6) is 1.80. The van der Waals surface area contributed by atoms with E-state index in [0.717, 1.165) is 43.8 Å². The van der Waals surface area contributed by atoms with Crippen molar-refractivity contribution in [1.29, 1.82) is 0 Å². The molecule has 4 heteroatoms. The van der Waals surface area contributed by atoms with Gasteiger partial charge in [0.1, 0.15) is 5.75 Å². The predicted molar refractivity (Wildman–Crippen MR) is 84.5 cm³/mol. The summed E-state index contributed by atoms with van der Waals surface area (Å²) < 4.78 is 5.73. The van der Waals surface area contributed by atoms with Crippen molar-refractivity contribution >= 4 is 5.91 Å². The smallest absolute Gasteiger partial charge is 0.222 e. The summed E-state index contributed by atoms with van der Waals surface area (Å²) in [5.41, 5.74) is 1.14. The Balaban J connectivity index is 1.65. The second-order valence-electron chi connectivity index (χ2n) is 5.77. The van der Waals surface area contributed by atoms with Crippen molar-refractivity contribution in [2.75, 3.05) is 33.3 Å². The van der Waals surface area contributed by atoms with E-state index >= 15 is 0 Å². The maximum atomic E-state index is 12.1. The molecule has 21 heavy (non-hydrogen) atoms. The lowest BCUT2D eigenvalue weighted by atomic mass is 10.1. The van der Waals surface area contributed by atoms with Gasteiger partial charge in [-0.3, -0.25) is 4.79 Å². The zero-order chi connectivity index (χ0) is 15.1. The number of nitrogens with zero attached hydrogens (tertiary/aromatic N) is 1. The van der Waals surface area contributed by atoms with Crippen molar-refractivity contribution in [3.8, 4) is 5.75 Å². The van der Waals surface area contributed by atoms with Gasteiger partial charge < -0.3 is 15.0 Å². The summed E-state index contributed by atoms with van der Waals surface area (Å²) in [4.78, 5) is 14.1. The van der Waals surface area contributed by atoms with Crippen LogP contribution in [0.2, 0.25) is 0 Å². The van der Waals surface area contributed by atoms with Crippen LogP contribution in [0.25, 0.3) is 0 Å². The molecule has 1 amide bonds. The molecule has 1 N–H and O–H groups in total. The van der Waals surface area contributed by atoms with Crippen LogP contribution in [0, 0.1) is 12.8 Å². The van der Waals surface area contributed by atoms with E-state index in [0.29, 0.717) is 18.9 Å². The lowest BCUT2D eigenvalue weighted by Crippen LogP contribution is -2.30. The molecule has 1 atom stereocenters. The number of ether oxygens (including phenoxy) is 1. The van der Waals surface area contributed by atoms with E-state index in [-0.39, 0.29) is 5.91 Å². The molecule has 0 spiro atoms. The van der Waals surface area contributed by atoms with Crippen molar-refractivity contribution < 1.29 is 9.53 Å². The van der Waals surface area contributed by atoms with Gasteiger partial charge in [0.05, 0.1) is 6.61 Å². The van der Waals surface area contributed by atoms with E-state index in [1.165, 1.54) is 0 Å². The first-order valence-corrected chi connectivity index (χ1v) is 7.81. The first-order valence-electron chi connectivity index (χ1n) is 7.81. The molecule has 0 radical (unpaired) electrons. The summed E-state index contributed by atoms with van der Waals surface area (Å²) in [7, 11) is 1.97. The predicted octanol–water partition coefficient (Wildman–Crippen LogP) is 2.22.